The third kappa shape index (κ3) is 3.43. The monoisotopic (exact) mass is 353 g/mol. The van der Waals surface area contributed by atoms with Crippen LogP contribution in [0.1, 0.15) is 11.3 Å². The molecule has 26 heavy (non-hydrogen) atoms. The SMILES string of the molecule is Cc1c(CN2CCN(c3ncccn3)CC2)noc1-c1ccc(F)cc1. The van der Waals surface area contributed by atoms with Gasteiger partial charge < -0.3 is 9.42 Å². The predicted octanol–water partition coefficient (Wildman–Crippen LogP) is 2.90. The summed E-state index contributed by atoms with van der Waals surface area (Å²) in [6, 6.07) is 8.12. The van der Waals surface area contributed by atoms with Crippen molar-refractivity contribution in [2.75, 3.05) is 31.1 Å². The highest BCUT2D eigenvalue weighted by atomic mass is 19.1. The van der Waals surface area contributed by atoms with Crippen LogP contribution in [0.4, 0.5) is 10.3 Å². The summed E-state index contributed by atoms with van der Waals surface area (Å²) in [5.74, 6) is 1.23. The average Bonchev–Trinajstić information content (AvgIpc) is 3.04. The third-order valence-corrected chi connectivity index (χ3v) is 4.71. The molecule has 0 unspecified atom stereocenters. The molecule has 134 valence electrons. The standard InChI is InChI=1S/C19H20FN5O/c1-14-17(23-26-18(14)15-3-5-16(20)6-4-15)13-24-9-11-25(12-10-24)19-21-7-2-8-22-19/h2-8H,9-13H2,1H3. The van der Waals surface area contributed by atoms with Crippen LogP contribution in [-0.4, -0.2) is 46.2 Å². The number of halogens is 1. The Labute approximate surface area is 151 Å². The summed E-state index contributed by atoms with van der Waals surface area (Å²) < 4.78 is 18.6. The summed E-state index contributed by atoms with van der Waals surface area (Å²) in [4.78, 5) is 13.2. The number of rotatable bonds is 4. The van der Waals surface area contributed by atoms with Gasteiger partial charge in [-0.15, -0.1) is 0 Å². The van der Waals surface area contributed by atoms with Gasteiger partial charge in [0.2, 0.25) is 5.95 Å². The number of nitrogens with zero attached hydrogens (tertiary/aromatic N) is 5. The van der Waals surface area contributed by atoms with Gasteiger partial charge >= 0.3 is 0 Å². The van der Waals surface area contributed by atoms with Crippen LogP contribution in [0.3, 0.4) is 0 Å². The molecule has 4 rings (SSSR count). The van der Waals surface area contributed by atoms with E-state index >= 15 is 0 Å². The van der Waals surface area contributed by atoms with E-state index in [0.29, 0.717) is 5.76 Å². The van der Waals surface area contributed by atoms with E-state index in [1.807, 2.05) is 13.0 Å². The first-order valence-corrected chi connectivity index (χ1v) is 8.66. The Morgan fingerprint density at radius 2 is 1.73 bits per heavy atom. The minimum Gasteiger partial charge on any atom is -0.356 e. The molecule has 0 spiro atoms. The maximum absolute atomic E-state index is 13.1. The Hall–Kier alpha value is -2.80. The van der Waals surface area contributed by atoms with Crippen molar-refractivity contribution in [3.8, 4) is 11.3 Å². The summed E-state index contributed by atoms with van der Waals surface area (Å²) >= 11 is 0. The van der Waals surface area contributed by atoms with Crippen LogP contribution < -0.4 is 4.90 Å². The number of piperazine rings is 1. The van der Waals surface area contributed by atoms with E-state index in [4.69, 9.17) is 4.52 Å². The molecule has 1 saturated heterocycles. The first-order valence-electron chi connectivity index (χ1n) is 8.66. The Kier molecular flexibility index (Phi) is 4.62. The Morgan fingerprint density at radius 1 is 1.04 bits per heavy atom. The van der Waals surface area contributed by atoms with Crippen molar-refractivity contribution in [3.63, 3.8) is 0 Å². The Morgan fingerprint density at radius 3 is 2.42 bits per heavy atom. The lowest BCUT2D eigenvalue weighted by atomic mass is 10.1. The molecule has 0 bridgehead atoms. The van der Waals surface area contributed by atoms with E-state index in [1.165, 1.54) is 12.1 Å². The van der Waals surface area contributed by atoms with E-state index in [9.17, 15) is 4.39 Å². The molecule has 7 heteroatoms. The molecule has 2 aromatic heterocycles. The second-order valence-corrected chi connectivity index (χ2v) is 6.40. The normalized spacial score (nSPS) is 15.4. The molecule has 1 aliphatic rings. The summed E-state index contributed by atoms with van der Waals surface area (Å²) in [6.45, 7) is 6.32. The molecule has 3 heterocycles. The van der Waals surface area contributed by atoms with Gasteiger partial charge in [0.1, 0.15) is 11.5 Å². The third-order valence-electron chi connectivity index (χ3n) is 4.71. The summed E-state index contributed by atoms with van der Waals surface area (Å²) in [5, 5.41) is 4.24. The molecule has 0 atom stereocenters. The molecule has 0 radical (unpaired) electrons. The summed E-state index contributed by atoms with van der Waals surface area (Å²) in [7, 11) is 0. The minimum atomic E-state index is -0.258. The minimum absolute atomic E-state index is 0.258. The lowest BCUT2D eigenvalue weighted by Crippen LogP contribution is -2.46. The smallest absolute Gasteiger partial charge is 0.225 e. The topological polar surface area (TPSA) is 58.3 Å². The van der Waals surface area contributed by atoms with Crippen molar-refractivity contribution >= 4 is 5.95 Å². The fourth-order valence-corrected chi connectivity index (χ4v) is 3.16. The molecular weight excluding hydrogens is 333 g/mol. The van der Waals surface area contributed by atoms with Crippen molar-refractivity contribution in [1.82, 2.24) is 20.0 Å². The van der Waals surface area contributed by atoms with Crippen LogP contribution in [0.5, 0.6) is 0 Å². The Balaban J connectivity index is 1.40. The van der Waals surface area contributed by atoms with Gasteiger partial charge in [-0.3, -0.25) is 4.90 Å². The highest BCUT2D eigenvalue weighted by Gasteiger charge is 2.21. The predicted molar refractivity (Wildman–Crippen MR) is 96.2 cm³/mol. The van der Waals surface area contributed by atoms with Gasteiger partial charge in [0.15, 0.2) is 5.76 Å². The second kappa shape index (κ2) is 7.21. The van der Waals surface area contributed by atoms with Crippen LogP contribution in [-0.2, 0) is 6.54 Å². The van der Waals surface area contributed by atoms with Crippen molar-refractivity contribution in [3.05, 3.63) is 59.8 Å². The zero-order chi connectivity index (χ0) is 17.9. The lowest BCUT2D eigenvalue weighted by molar-refractivity contribution is 0.241. The van der Waals surface area contributed by atoms with Crippen LogP contribution in [0, 0.1) is 12.7 Å². The van der Waals surface area contributed by atoms with Gasteiger partial charge in [0, 0.05) is 56.2 Å². The van der Waals surface area contributed by atoms with Crippen LogP contribution in [0.15, 0.2) is 47.2 Å². The quantitative estimate of drug-likeness (QED) is 0.719. The zero-order valence-electron chi connectivity index (χ0n) is 14.6. The number of hydrogen-bond donors (Lipinski definition) is 0. The maximum atomic E-state index is 13.1. The lowest BCUT2D eigenvalue weighted by Gasteiger charge is -2.34. The van der Waals surface area contributed by atoms with Crippen LogP contribution >= 0.6 is 0 Å². The van der Waals surface area contributed by atoms with Gasteiger partial charge in [-0.2, -0.15) is 0 Å². The number of aromatic nitrogens is 3. The molecule has 6 nitrogen and oxygen atoms in total. The van der Waals surface area contributed by atoms with Gasteiger partial charge in [0.25, 0.3) is 0 Å². The second-order valence-electron chi connectivity index (χ2n) is 6.40. The van der Waals surface area contributed by atoms with Crippen LogP contribution in [0.25, 0.3) is 11.3 Å². The highest BCUT2D eigenvalue weighted by Crippen LogP contribution is 2.26. The largest absolute Gasteiger partial charge is 0.356 e. The van der Waals surface area contributed by atoms with E-state index in [0.717, 1.165) is 55.5 Å². The molecule has 1 fully saturated rings. The van der Waals surface area contributed by atoms with E-state index in [1.54, 1.807) is 24.5 Å². The van der Waals surface area contributed by atoms with Gasteiger partial charge in [-0.1, -0.05) is 5.16 Å². The first-order chi connectivity index (χ1) is 12.7. The molecule has 1 aromatic carbocycles. The van der Waals surface area contributed by atoms with Crippen molar-refractivity contribution in [1.29, 1.82) is 0 Å². The van der Waals surface area contributed by atoms with Gasteiger partial charge in [-0.25, -0.2) is 14.4 Å². The molecule has 3 aromatic rings. The van der Waals surface area contributed by atoms with Crippen molar-refractivity contribution in [2.24, 2.45) is 0 Å². The van der Waals surface area contributed by atoms with Crippen molar-refractivity contribution in [2.45, 2.75) is 13.5 Å². The van der Waals surface area contributed by atoms with Crippen LogP contribution in [0.2, 0.25) is 0 Å². The average molecular weight is 353 g/mol. The molecular formula is C19H20FN5O. The van der Waals surface area contributed by atoms with E-state index < -0.39 is 0 Å². The molecule has 0 saturated carbocycles. The number of benzene rings is 1. The summed E-state index contributed by atoms with van der Waals surface area (Å²) in [6.07, 6.45) is 3.54. The van der Waals surface area contributed by atoms with E-state index in [2.05, 4.69) is 24.9 Å². The first kappa shape index (κ1) is 16.7. The molecule has 1 aliphatic heterocycles. The highest BCUT2D eigenvalue weighted by molar-refractivity contribution is 5.61. The number of anilines is 1. The zero-order valence-corrected chi connectivity index (χ0v) is 14.6. The summed E-state index contributed by atoms with van der Waals surface area (Å²) in [5.41, 5.74) is 2.77. The van der Waals surface area contributed by atoms with Gasteiger partial charge in [0.05, 0.1) is 0 Å². The van der Waals surface area contributed by atoms with E-state index in [-0.39, 0.29) is 5.82 Å². The molecule has 0 N–H and O–H groups in total. The Bertz CT molecular complexity index is 857. The molecule has 0 amide bonds. The fraction of sp³-hybridized carbons (Fsp3) is 0.316. The molecule has 0 aliphatic carbocycles. The maximum Gasteiger partial charge on any atom is 0.225 e. The van der Waals surface area contributed by atoms with Gasteiger partial charge in [-0.05, 0) is 37.3 Å². The van der Waals surface area contributed by atoms with Crippen molar-refractivity contribution < 1.29 is 8.91 Å². The fourth-order valence-electron chi connectivity index (χ4n) is 3.16. The number of hydrogen-bond acceptors (Lipinski definition) is 6.